The van der Waals surface area contributed by atoms with E-state index in [2.05, 4.69) is 10.6 Å². The summed E-state index contributed by atoms with van der Waals surface area (Å²) in [6, 6.07) is 4.75. The Morgan fingerprint density at radius 2 is 1.93 bits per heavy atom. The highest BCUT2D eigenvalue weighted by molar-refractivity contribution is 5.94. The molecule has 0 saturated heterocycles. The Morgan fingerprint density at radius 1 is 1.14 bits per heavy atom. The summed E-state index contributed by atoms with van der Waals surface area (Å²) in [4.78, 5) is 35.5. The van der Waals surface area contributed by atoms with Crippen LogP contribution in [-0.2, 0) is 19.1 Å². The molecular weight excluding hydrogens is 380 g/mol. The van der Waals surface area contributed by atoms with Crippen molar-refractivity contribution in [1.29, 1.82) is 0 Å². The molecular formula is C20H24N2O7. The molecule has 1 aromatic carbocycles. The van der Waals surface area contributed by atoms with Crippen LogP contribution in [0.1, 0.15) is 19.4 Å². The second-order valence-electron chi connectivity index (χ2n) is 5.77. The van der Waals surface area contributed by atoms with Crippen molar-refractivity contribution in [3.8, 4) is 11.5 Å². The lowest BCUT2D eigenvalue weighted by Crippen LogP contribution is -2.45. The van der Waals surface area contributed by atoms with Crippen molar-refractivity contribution in [2.75, 3.05) is 33.5 Å². The largest absolute Gasteiger partial charge is 0.493 e. The smallest absolute Gasteiger partial charge is 0.337 e. The Morgan fingerprint density at radius 3 is 2.62 bits per heavy atom. The average Bonchev–Trinajstić information content (AvgIpc) is 2.71. The third kappa shape index (κ3) is 6.27. The van der Waals surface area contributed by atoms with E-state index in [1.807, 2.05) is 6.92 Å². The van der Waals surface area contributed by atoms with E-state index in [4.69, 9.17) is 18.9 Å². The first-order valence-electron chi connectivity index (χ1n) is 9.08. The van der Waals surface area contributed by atoms with Crippen molar-refractivity contribution in [3.05, 3.63) is 41.1 Å². The van der Waals surface area contributed by atoms with Crippen LogP contribution in [0.5, 0.6) is 11.5 Å². The van der Waals surface area contributed by atoms with Gasteiger partial charge in [0.1, 0.15) is 6.61 Å². The normalized spacial score (nSPS) is 13.6. The highest BCUT2D eigenvalue weighted by Gasteiger charge is 2.24. The van der Waals surface area contributed by atoms with E-state index in [-0.39, 0.29) is 31.0 Å². The van der Waals surface area contributed by atoms with Crippen LogP contribution in [0.3, 0.4) is 0 Å². The molecule has 0 aromatic heterocycles. The van der Waals surface area contributed by atoms with Crippen molar-refractivity contribution >= 4 is 24.0 Å². The van der Waals surface area contributed by atoms with Crippen molar-refractivity contribution in [3.63, 3.8) is 0 Å². The molecule has 1 aliphatic heterocycles. The number of rotatable bonds is 9. The Labute approximate surface area is 168 Å². The van der Waals surface area contributed by atoms with Crippen LogP contribution in [0.2, 0.25) is 0 Å². The first-order chi connectivity index (χ1) is 14.0. The van der Waals surface area contributed by atoms with Crippen LogP contribution in [-0.4, -0.2) is 51.4 Å². The Kier molecular flexibility index (Phi) is 8.08. The van der Waals surface area contributed by atoms with Gasteiger partial charge >= 0.3 is 18.0 Å². The molecule has 0 saturated carbocycles. The van der Waals surface area contributed by atoms with Crippen LogP contribution in [0.15, 0.2) is 35.5 Å². The topological polar surface area (TPSA) is 112 Å². The van der Waals surface area contributed by atoms with E-state index in [0.717, 1.165) is 0 Å². The second kappa shape index (κ2) is 10.7. The molecule has 0 spiro atoms. The summed E-state index contributed by atoms with van der Waals surface area (Å²) >= 11 is 0. The molecule has 0 radical (unpaired) electrons. The van der Waals surface area contributed by atoms with E-state index in [1.54, 1.807) is 31.2 Å². The fourth-order valence-corrected chi connectivity index (χ4v) is 2.49. The van der Waals surface area contributed by atoms with Gasteiger partial charge in [-0.15, -0.1) is 0 Å². The Hall–Kier alpha value is -3.49. The molecule has 0 bridgehead atoms. The molecule has 2 rings (SSSR count). The van der Waals surface area contributed by atoms with Gasteiger partial charge in [-0.1, -0.05) is 6.07 Å². The maximum absolute atomic E-state index is 12.0. The minimum absolute atomic E-state index is 0.000631. The summed E-state index contributed by atoms with van der Waals surface area (Å²) < 4.78 is 20.8. The van der Waals surface area contributed by atoms with Crippen LogP contribution in [0, 0.1) is 0 Å². The summed E-state index contributed by atoms with van der Waals surface area (Å²) in [6.07, 6.45) is 2.80. The highest BCUT2D eigenvalue weighted by Crippen LogP contribution is 2.28. The zero-order valence-electron chi connectivity index (χ0n) is 16.6. The molecule has 1 aromatic rings. The molecule has 2 N–H and O–H groups in total. The fraction of sp³-hybridized carbons (Fsp3) is 0.350. The van der Waals surface area contributed by atoms with Crippen molar-refractivity contribution < 1.29 is 33.3 Å². The summed E-state index contributed by atoms with van der Waals surface area (Å²) in [5, 5.41) is 4.94. The molecule has 156 valence electrons. The third-order valence-corrected chi connectivity index (χ3v) is 3.83. The number of hydrogen-bond donors (Lipinski definition) is 2. The number of carbonyl (C=O) groups is 3. The summed E-state index contributed by atoms with van der Waals surface area (Å²) in [6.45, 7) is 3.98. The molecule has 9 heteroatoms. The zero-order chi connectivity index (χ0) is 21.2. The molecule has 29 heavy (non-hydrogen) atoms. The van der Waals surface area contributed by atoms with Crippen molar-refractivity contribution in [1.82, 2.24) is 10.6 Å². The van der Waals surface area contributed by atoms with Gasteiger partial charge in [0.05, 0.1) is 38.1 Å². The number of ether oxygens (including phenoxy) is 4. The second-order valence-corrected chi connectivity index (χ2v) is 5.77. The van der Waals surface area contributed by atoms with Crippen LogP contribution in [0.25, 0.3) is 6.08 Å². The lowest BCUT2D eigenvalue weighted by molar-refractivity contribution is -0.140. The van der Waals surface area contributed by atoms with Gasteiger partial charge in [-0.2, -0.15) is 0 Å². The van der Waals surface area contributed by atoms with Crippen LogP contribution < -0.4 is 20.1 Å². The summed E-state index contributed by atoms with van der Waals surface area (Å²) in [5.74, 6) is -0.0664. The number of benzene rings is 1. The fourth-order valence-electron chi connectivity index (χ4n) is 2.49. The molecule has 0 unspecified atom stereocenters. The lowest BCUT2D eigenvalue weighted by Gasteiger charge is -2.20. The van der Waals surface area contributed by atoms with Gasteiger partial charge in [-0.05, 0) is 37.6 Å². The molecule has 2 amide bonds. The minimum atomic E-state index is -0.638. The molecule has 0 aliphatic carbocycles. The Bertz CT molecular complexity index is 830. The van der Waals surface area contributed by atoms with Gasteiger partial charge in [-0.25, -0.2) is 14.4 Å². The van der Waals surface area contributed by atoms with Gasteiger partial charge in [-0.3, -0.25) is 0 Å². The molecule has 1 aliphatic rings. The van der Waals surface area contributed by atoms with Gasteiger partial charge in [0.2, 0.25) is 0 Å². The van der Waals surface area contributed by atoms with E-state index in [1.165, 1.54) is 13.2 Å². The monoisotopic (exact) mass is 404 g/mol. The molecule has 9 nitrogen and oxygen atoms in total. The Balaban J connectivity index is 2.02. The molecule has 1 heterocycles. The number of urea groups is 1. The van der Waals surface area contributed by atoms with Gasteiger partial charge < -0.3 is 29.6 Å². The maximum Gasteiger partial charge on any atom is 0.337 e. The zero-order valence-corrected chi connectivity index (χ0v) is 16.6. The summed E-state index contributed by atoms with van der Waals surface area (Å²) in [5.41, 5.74) is 1.11. The average molecular weight is 404 g/mol. The van der Waals surface area contributed by atoms with E-state index in [9.17, 15) is 14.4 Å². The predicted octanol–water partition coefficient (Wildman–Crippen LogP) is 1.78. The number of methoxy groups -OCH3 is 1. The van der Waals surface area contributed by atoms with Crippen LogP contribution in [0.4, 0.5) is 4.79 Å². The maximum atomic E-state index is 12.0. The number of carbonyl (C=O) groups excluding carboxylic acids is 3. The van der Waals surface area contributed by atoms with Crippen molar-refractivity contribution in [2.45, 2.75) is 13.8 Å². The SMILES string of the molecule is CCOC(=O)C1=C(COC(=O)/C=C/c2ccc(OCC)c(OC)c2)NC(=O)NC1. The van der Waals surface area contributed by atoms with Gasteiger partial charge in [0.25, 0.3) is 0 Å². The standard InChI is InChI=1S/C20H24N2O7/c1-4-27-16-8-6-13(10-17(16)26-3)7-9-18(23)29-12-15-14(19(24)28-5-2)11-21-20(25)22-15/h6-10H,4-5,11-12H2,1-3H3,(H2,21,22,25)/b9-7+. The lowest BCUT2D eigenvalue weighted by atomic mass is 10.1. The molecule has 0 atom stereocenters. The third-order valence-electron chi connectivity index (χ3n) is 3.83. The summed E-state index contributed by atoms with van der Waals surface area (Å²) in [7, 11) is 1.53. The van der Waals surface area contributed by atoms with E-state index < -0.39 is 18.0 Å². The van der Waals surface area contributed by atoms with Gasteiger partial charge in [0.15, 0.2) is 11.5 Å². The number of nitrogens with one attached hydrogen (secondary N) is 2. The minimum Gasteiger partial charge on any atom is -0.493 e. The van der Waals surface area contributed by atoms with E-state index >= 15 is 0 Å². The molecule has 0 fully saturated rings. The predicted molar refractivity (Wildman–Crippen MR) is 104 cm³/mol. The quantitative estimate of drug-likeness (QED) is 0.477. The first kappa shape index (κ1) is 21.8. The number of amides is 2. The first-order valence-corrected chi connectivity index (χ1v) is 9.08. The number of hydrogen-bond acceptors (Lipinski definition) is 7. The van der Waals surface area contributed by atoms with Gasteiger partial charge in [0, 0.05) is 6.08 Å². The van der Waals surface area contributed by atoms with E-state index in [0.29, 0.717) is 23.7 Å². The van der Waals surface area contributed by atoms with Crippen LogP contribution >= 0.6 is 0 Å². The number of esters is 2. The van der Waals surface area contributed by atoms with Crippen molar-refractivity contribution in [2.24, 2.45) is 0 Å². The highest BCUT2D eigenvalue weighted by atomic mass is 16.5.